The Labute approximate surface area is 128 Å². The zero-order valence-corrected chi connectivity index (χ0v) is 13.2. The maximum atomic E-state index is 12.3. The van der Waals surface area contributed by atoms with Crippen molar-refractivity contribution in [3.63, 3.8) is 0 Å². The number of methoxy groups -OCH3 is 1. The van der Waals surface area contributed by atoms with Crippen LogP contribution < -0.4 is 5.73 Å². The molecule has 118 valence electrons. The monoisotopic (exact) mass is 304 g/mol. The first-order valence-electron chi connectivity index (χ1n) is 6.91. The molecule has 0 saturated heterocycles. The number of aromatic nitrogens is 1. The molecule has 0 atom stereocenters. The summed E-state index contributed by atoms with van der Waals surface area (Å²) in [7, 11) is 1.32. The molecule has 0 bridgehead atoms. The average molecular weight is 304 g/mol. The number of ether oxygens (including phenoxy) is 2. The lowest BCUT2D eigenvalue weighted by molar-refractivity contribution is -0.139. The summed E-state index contributed by atoms with van der Waals surface area (Å²) in [5.41, 5.74) is 7.06. The zero-order chi connectivity index (χ0) is 16.5. The highest BCUT2D eigenvalue weighted by atomic mass is 16.6. The van der Waals surface area contributed by atoms with Crippen LogP contribution in [0.2, 0.25) is 0 Å². The van der Waals surface area contributed by atoms with Crippen LogP contribution in [0.15, 0.2) is 24.4 Å². The number of esters is 1. The van der Waals surface area contributed by atoms with Gasteiger partial charge in [-0.1, -0.05) is 0 Å². The predicted molar refractivity (Wildman–Crippen MR) is 83.7 cm³/mol. The zero-order valence-electron chi connectivity index (χ0n) is 13.2. The Balaban J connectivity index is 2.51. The minimum absolute atomic E-state index is 0.0618. The third-order valence-corrected chi connectivity index (χ3v) is 3.06. The molecule has 22 heavy (non-hydrogen) atoms. The van der Waals surface area contributed by atoms with Gasteiger partial charge in [0.05, 0.1) is 19.0 Å². The number of carbonyl (C=O) groups excluding carboxylic acids is 2. The van der Waals surface area contributed by atoms with E-state index in [9.17, 15) is 9.59 Å². The number of hydrogen-bond acceptors (Lipinski definition) is 5. The van der Waals surface area contributed by atoms with Gasteiger partial charge in [0.1, 0.15) is 5.60 Å². The van der Waals surface area contributed by atoms with Crippen molar-refractivity contribution in [2.45, 2.75) is 32.8 Å². The first kappa shape index (κ1) is 15.9. The summed E-state index contributed by atoms with van der Waals surface area (Å²) in [4.78, 5) is 23.9. The highest BCUT2D eigenvalue weighted by molar-refractivity contribution is 5.95. The largest absolute Gasteiger partial charge is 0.469 e. The molecule has 0 aliphatic rings. The summed E-state index contributed by atoms with van der Waals surface area (Å²) < 4.78 is 11.5. The number of rotatable bonds is 2. The molecule has 2 N–H and O–H groups in total. The molecule has 2 aromatic rings. The molecule has 0 unspecified atom stereocenters. The van der Waals surface area contributed by atoms with E-state index in [1.54, 1.807) is 45.2 Å². The molecule has 0 aliphatic heterocycles. The van der Waals surface area contributed by atoms with Gasteiger partial charge in [-0.2, -0.15) is 0 Å². The second-order valence-corrected chi connectivity index (χ2v) is 6.03. The lowest BCUT2D eigenvalue weighted by atomic mass is 10.1. The van der Waals surface area contributed by atoms with Crippen LogP contribution >= 0.6 is 0 Å². The van der Waals surface area contributed by atoms with E-state index in [1.807, 2.05) is 0 Å². The molecule has 0 spiro atoms. The summed E-state index contributed by atoms with van der Waals surface area (Å²) in [6, 6.07) is 5.16. The fraction of sp³-hybridized carbons (Fsp3) is 0.375. The van der Waals surface area contributed by atoms with Gasteiger partial charge in [0.25, 0.3) is 0 Å². The summed E-state index contributed by atoms with van der Waals surface area (Å²) in [6.45, 7) is 5.39. The highest BCUT2D eigenvalue weighted by Crippen LogP contribution is 2.25. The molecule has 2 rings (SSSR count). The maximum absolute atomic E-state index is 12.3. The number of carbonyl (C=O) groups is 2. The van der Waals surface area contributed by atoms with Gasteiger partial charge in [-0.15, -0.1) is 0 Å². The number of nitrogens with two attached hydrogens (primary N) is 1. The SMILES string of the molecule is COC(=O)Cc1cn(C(=O)OC(C)(C)C)c2ccc(N)cc12. The normalized spacial score (nSPS) is 11.5. The number of benzene rings is 1. The Morgan fingerprint density at radius 3 is 2.55 bits per heavy atom. The number of fused-ring (bicyclic) bond motifs is 1. The molecule has 0 fully saturated rings. The molecule has 6 heteroatoms. The minimum Gasteiger partial charge on any atom is -0.469 e. The molecule has 6 nitrogen and oxygen atoms in total. The van der Waals surface area contributed by atoms with Crippen molar-refractivity contribution in [3.05, 3.63) is 30.0 Å². The smallest absolute Gasteiger partial charge is 0.419 e. The van der Waals surface area contributed by atoms with Crippen LogP contribution in [0.5, 0.6) is 0 Å². The van der Waals surface area contributed by atoms with Crippen molar-refractivity contribution < 1.29 is 19.1 Å². The molecule has 0 radical (unpaired) electrons. The minimum atomic E-state index is -0.607. The number of anilines is 1. The van der Waals surface area contributed by atoms with Gasteiger partial charge in [0, 0.05) is 17.3 Å². The lowest BCUT2D eigenvalue weighted by Crippen LogP contribution is -2.26. The van der Waals surface area contributed by atoms with Crippen molar-refractivity contribution >= 4 is 28.7 Å². The predicted octanol–water partition coefficient (Wildman–Crippen LogP) is 2.72. The number of hydrogen-bond donors (Lipinski definition) is 1. The molecule has 1 aromatic carbocycles. The van der Waals surface area contributed by atoms with E-state index in [-0.39, 0.29) is 12.4 Å². The van der Waals surface area contributed by atoms with Gasteiger partial charge in [-0.25, -0.2) is 4.79 Å². The van der Waals surface area contributed by atoms with Gasteiger partial charge >= 0.3 is 12.1 Å². The molecule has 0 aliphatic carbocycles. The molecule has 0 saturated carbocycles. The Morgan fingerprint density at radius 2 is 1.95 bits per heavy atom. The third kappa shape index (κ3) is 3.39. The fourth-order valence-electron chi connectivity index (χ4n) is 2.15. The maximum Gasteiger partial charge on any atom is 0.419 e. The lowest BCUT2D eigenvalue weighted by Gasteiger charge is -2.19. The van der Waals surface area contributed by atoms with Crippen molar-refractivity contribution in [1.82, 2.24) is 4.57 Å². The van der Waals surface area contributed by atoms with E-state index in [1.165, 1.54) is 11.7 Å². The van der Waals surface area contributed by atoms with Gasteiger partial charge in [0.15, 0.2) is 0 Å². The standard InChI is InChI=1S/C16H20N2O4/c1-16(2,3)22-15(20)18-9-10(7-14(19)21-4)12-8-11(17)5-6-13(12)18/h5-6,8-9H,7,17H2,1-4H3. The van der Waals surface area contributed by atoms with Crippen LogP contribution in [0.4, 0.5) is 10.5 Å². The fourth-order valence-corrected chi connectivity index (χ4v) is 2.15. The number of nitrogens with zero attached hydrogens (tertiary/aromatic N) is 1. The van der Waals surface area contributed by atoms with Crippen molar-refractivity contribution in [1.29, 1.82) is 0 Å². The van der Waals surface area contributed by atoms with E-state index in [2.05, 4.69) is 4.74 Å². The summed E-state index contributed by atoms with van der Waals surface area (Å²) in [5, 5.41) is 0.733. The van der Waals surface area contributed by atoms with Crippen molar-refractivity contribution in [3.8, 4) is 0 Å². The molecular weight excluding hydrogens is 284 g/mol. The molecule has 1 heterocycles. The van der Waals surface area contributed by atoms with Crippen LogP contribution in [0.25, 0.3) is 10.9 Å². The van der Waals surface area contributed by atoms with Crippen molar-refractivity contribution in [2.75, 3.05) is 12.8 Å². The van der Waals surface area contributed by atoms with Gasteiger partial charge < -0.3 is 15.2 Å². The van der Waals surface area contributed by atoms with E-state index in [4.69, 9.17) is 10.5 Å². The van der Waals surface area contributed by atoms with Crippen LogP contribution in [0.1, 0.15) is 26.3 Å². The van der Waals surface area contributed by atoms with E-state index < -0.39 is 11.7 Å². The molecular formula is C16H20N2O4. The van der Waals surface area contributed by atoms with Crippen LogP contribution in [0, 0.1) is 0 Å². The Hall–Kier alpha value is -2.50. The Morgan fingerprint density at radius 1 is 1.27 bits per heavy atom. The molecule has 0 amide bonds. The third-order valence-electron chi connectivity index (χ3n) is 3.06. The average Bonchev–Trinajstić information content (AvgIpc) is 2.75. The summed E-state index contributed by atoms with van der Waals surface area (Å²) in [5.74, 6) is -0.384. The Kier molecular flexibility index (Phi) is 4.12. The highest BCUT2D eigenvalue weighted by Gasteiger charge is 2.21. The van der Waals surface area contributed by atoms with E-state index in [0.717, 1.165) is 5.39 Å². The van der Waals surface area contributed by atoms with Crippen LogP contribution in [0.3, 0.4) is 0 Å². The second-order valence-electron chi connectivity index (χ2n) is 6.03. The first-order valence-corrected chi connectivity index (χ1v) is 6.91. The number of nitrogen functional groups attached to an aromatic ring is 1. The molecule has 1 aromatic heterocycles. The topological polar surface area (TPSA) is 83.5 Å². The Bertz CT molecular complexity index is 726. The van der Waals surface area contributed by atoms with Gasteiger partial charge in [0.2, 0.25) is 0 Å². The van der Waals surface area contributed by atoms with Crippen LogP contribution in [-0.4, -0.2) is 29.3 Å². The quantitative estimate of drug-likeness (QED) is 0.681. The van der Waals surface area contributed by atoms with Crippen molar-refractivity contribution in [2.24, 2.45) is 0 Å². The second kappa shape index (κ2) is 5.71. The van der Waals surface area contributed by atoms with Crippen LogP contribution in [-0.2, 0) is 20.7 Å². The summed E-state index contributed by atoms with van der Waals surface area (Å²) >= 11 is 0. The first-order chi connectivity index (χ1) is 10.2. The van der Waals surface area contributed by atoms with Gasteiger partial charge in [-0.3, -0.25) is 9.36 Å². The van der Waals surface area contributed by atoms with E-state index in [0.29, 0.717) is 16.8 Å². The van der Waals surface area contributed by atoms with E-state index >= 15 is 0 Å². The van der Waals surface area contributed by atoms with Gasteiger partial charge in [-0.05, 0) is 44.5 Å². The summed E-state index contributed by atoms with van der Waals surface area (Å²) in [6.07, 6.45) is 1.15.